The average Bonchev–Trinajstić information content (AvgIpc) is 3.20. The third-order valence-electron chi connectivity index (χ3n) is 6.86. The Bertz CT molecular complexity index is 1170. The van der Waals surface area contributed by atoms with Gasteiger partial charge in [0.2, 0.25) is 0 Å². The number of hydrogen-bond acceptors (Lipinski definition) is 4. The molecule has 1 fully saturated rings. The maximum Gasteiger partial charge on any atom is 0.306 e. The van der Waals surface area contributed by atoms with E-state index < -0.39 is 17.5 Å². The minimum Gasteiger partial charge on any atom is -0.481 e. The van der Waals surface area contributed by atoms with Crippen molar-refractivity contribution in [1.82, 2.24) is 0 Å². The van der Waals surface area contributed by atoms with Crippen molar-refractivity contribution in [2.24, 2.45) is 5.92 Å². The SMILES string of the molecule is O=C(O)C[C@@]1(O)CC[C@@H](OCc2ccc(-c3ccccc3)cc2)[C@@H]1C=CC(=O)CCc1ccccc1. The van der Waals surface area contributed by atoms with Crippen LogP contribution in [0.4, 0.5) is 0 Å². The van der Waals surface area contributed by atoms with E-state index in [0.717, 1.165) is 22.3 Å². The molecular formula is C31H32O5. The molecule has 186 valence electrons. The van der Waals surface area contributed by atoms with Gasteiger partial charge in [-0.15, -0.1) is 0 Å². The molecule has 0 radical (unpaired) electrons. The molecule has 1 saturated carbocycles. The summed E-state index contributed by atoms with van der Waals surface area (Å²) in [5.74, 6) is -1.69. The maximum absolute atomic E-state index is 12.5. The minimum atomic E-state index is -1.44. The lowest BCUT2D eigenvalue weighted by molar-refractivity contribution is -0.144. The standard InChI is InChI=1S/C31H32O5/c32-27(16-13-23-7-3-1-4-8-23)17-18-28-29(19-20-31(28,35)21-30(33)34)36-22-24-11-14-26(15-12-24)25-9-5-2-6-10-25/h1-12,14-15,17-18,28-29,35H,13,16,19-22H2,(H,33,34)/t28-,29+,31-/m0/s1. The number of carbonyl (C=O) groups excluding carboxylic acids is 1. The van der Waals surface area contributed by atoms with Crippen molar-refractivity contribution in [2.75, 3.05) is 0 Å². The lowest BCUT2D eigenvalue weighted by Gasteiger charge is -2.29. The molecule has 0 unspecified atom stereocenters. The van der Waals surface area contributed by atoms with Crippen molar-refractivity contribution < 1.29 is 24.5 Å². The number of ether oxygens (including phenoxy) is 1. The first-order valence-corrected chi connectivity index (χ1v) is 12.4. The summed E-state index contributed by atoms with van der Waals surface area (Å²) < 4.78 is 6.17. The molecule has 3 atom stereocenters. The Morgan fingerprint density at radius 3 is 2.19 bits per heavy atom. The molecule has 4 rings (SSSR count). The maximum atomic E-state index is 12.5. The second-order valence-corrected chi connectivity index (χ2v) is 9.46. The van der Waals surface area contributed by atoms with Crippen LogP contribution in [0, 0.1) is 5.92 Å². The van der Waals surface area contributed by atoms with E-state index >= 15 is 0 Å². The number of hydrogen-bond donors (Lipinski definition) is 2. The molecular weight excluding hydrogens is 452 g/mol. The number of aliphatic carboxylic acids is 1. The average molecular weight is 485 g/mol. The van der Waals surface area contributed by atoms with E-state index in [0.29, 0.717) is 32.3 Å². The van der Waals surface area contributed by atoms with Gasteiger partial charge in [0.25, 0.3) is 0 Å². The number of rotatable bonds is 11. The lowest BCUT2D eigenvalue weighted by Crippen LogP contribution is -2.38. The van der Waals surface area contributed by atoms with E-state index in [4.69, 9.17) is 4.74 Å². The highest BCUT2D eigenvalue weighted by Gasteiger charge is 2.48. The van der Waals surface area contributed by atoms with Crippen LogP contribution in [0.25, 0.3) is 11.1 Å². The highest BCUT2D eigenvalue weighted by atomic mass is 16.5. The molecule has 0 bridgehead atoms. The van der Waals surface area contributed by atoms with Crippen LogP contribution in [0.15, 0.2) is 97.1 Å². The Morgan fingerprint density at radius 2 is 1.53 bits per heavy atom. The van der Waals surface area contributed by atoms with Gasteiger partial charge in [0.05, 0.1) is 24.7 Å². The van der Waals surface area contributed by atoms with Crippen molar-refractivity contribution in [3.05, 3.63) is 108 Å². The quantitative estimate of drug-likeness (QED) is 0.346. The van der Waals surface area contributed by atoms with Gasteiger partial charge in [-0.1, -0.05) is 91.0 Å². The van der Waals surface area contributed by atoms with E-state index in [2.05, 4.69) is 12.1 Å². The molecule has 0 aliphatic heterocycles. The molecule has 0 heterocycles. The molecule has 1 aliphatic carbocycles. The summed E-state index contributed by atoms with van der Waals surface area (Å²) in [6.07, 6.45) is 4.20. The second kappa shape index (κ2) is 11.9. The van der Waals surface area contributed by atoms with Crippen LogP contribution < -0.4 is 0 Å². The first-order chi connectivity index (χ1) is 17.4. The first-order valence-electron chi connectivity index (χ1n) is 12.4. The zero-order valence-corrected chi connectivity index (χ0v) is 20.3. The van der Waals surface area contributed by atoms with Gasteiger partial charge in [-0.25, -0.2) is 0 Å². The van der Waals surface area contributed by atoms with Crippen LogP contribution >= 0.6 is 0 Å². The Labute approximate surface area is 212 Å². The summed E-state index contributed by atoms with van der Waals surface area (Å²) in [5.41, 5.74) is 2.89. The fourth-order valence-electron chi connectivity index (χ4n) is 4.88. The molecule has 3 aromatic rings. The first kappa shape index (κ1) is 25.5. The van der Waals surface area contributed by atoms with Crippen LogP contribution in [0.1, 0.15) is 36.8 Å². The summed E-state index contributed by atoms with van der Waals surface area (Å²) in [6.45, 7) is 0.342. The monoisotopic (exact) mass is 484 g/mol. The van der Waals surface area contributed by atoms with Crippen molar-refractivity contribution >= 4 is 11.8 Å². The molecule has 0 aromatic heterocycles. The molecule has 3 aromatic carbocycles. The predicted molar refractivity (Wildman–Crippen MR) is 139 cm³/mol. The zero-order valence-electron chi connectivity index (χ0n) is 20.3. The van der Waals surface area contributed by atoms with Gasteiger partial charge in [0.15, 0.2) is 5.78 Å². The number of aliphatic hydroxyl groups is 1. The Hall–Kier alpha value is -3.54. The van der Waals surface area contributed by atoms with Crippen LogP contribution in [0.5, 0.6) is 0 Å². The van der Waals surface area contributed by atoms with Gasteiger partial charge in [-0.2, -0.15) is 0 Å². The zero-order chi connectivity index (χ0) is 25.4. The fraction of sp³-hybridized carbons (Fsp3) is 0.290. The fourth-order valence-corrected chi connectivity index (χ4v) is 4.88. The van der Waals surface area contributed by atoms with Gasteiger partial charge < -0.3 is 14.9 Å². The third-order valence-corrected chi connectivity index (χ3v) is 6.86. The molecule has 0 amide bonds. The number of carboxylic acid groups (broad SMARTS) is 1. The Balaban J connectivity index is 1.40. The topological polar surface area (TPSA) is 83.8 Å². The van der Waals surface area contributed by atoms with E-state index in [1.54, 1.807) is 6.08 Å². The molecule has 0 spiro atoms. The van der Waals surface area contributed by atoms with Gasteiger partial charge in [-0.3, -0.25) is 9.59 Å². The second-order valence-electron chi connectivity index (χ2n) is 9.46. The minimum absolute atomic E-state index is 0.0568. The summed E-state index contributed by atoms with van der Waals surface area (Å²) in [5, 5.41) is 20.5. The third kappa shape index (κ3) is 6.78. The van der Waals surface area contributed by atoms with E-state index in [1.165, 1.54) is 6.08 Å². The number of ketones is 1. The molecule has 0 saturated heterocycles. The highest BCUT2D eigenvalue weighted by Crippen LogP contribution is 2.41. The lowest BCUT2D eigenvalue weighted by atomic mass is 9.86. The molecule has 5 nitrogen and oxygen atoms in total. The predicted octanol–water partition coefficient (Wildman–Crippen LogP) is 5.61. The molecule has 5 heteroatoms. The van der Waals surface area contributed by atoms with E-state index in [9.17, 15) is 19.8 Å². The van der Waals surface area contributed by atoms with Gasteiger partial charge >= 0.3 is 5.97 Å². The van der Waals surface area contributed by atoms with Crippen LogP contribution in [0.3, 0.4) is 0 Å². The summed E-state index contributed by atoms with van der Waals surface area (Å²) >= 11 is 0. The summed E-state index contributed by atoms with van der Waals surface area (Å²) in [6, 6.07) is 28.0. The van der Waals surface area contributed by atoms with Gasteiger partial charge in [0.1, 0.15) is 0 Å². The Morgan fingerprint density at radius 1 is 0.889 bits per heavy atom. The van der Waals surface area contributed by atoms with Crippen molar-refractivity contribution in [2.45, 2.75) is 50.4 Å². The number of carbonyl (C=O) groups is 2. The van der Waals surface area contributed by atoms with Crippen LogP contribution in [-0.4, -0.2) is 33.7 Å². The smallest absolute Gasteiger partial charge is 0.306 e. The molecule has 36 heavy (non-hydrogen) atoms. The summed E-state index contributed by atoms with van der Waals surface area (Å²) in [7, 11) is 0. The molecule has 1 aliphatic rings. The van der Waals surface area contributed by atoms with Gasteiger partial charge in [-0.05, 0) is 47.6 Å². The largest absolute Gasteiger partial charge is 0.481 e. The Kier molecular flexibility index (Phi) is 8.47. The summed E-state index contributed by atoms with van der Waals surface area (Å²) in [4.78, 5) is 24.0. The van der Waals surface area contributed by atoms with Crippen molar-refractivity contribution in [3.63, 3.8) is 0 Å². The van der Waals surface area contributed by atoms with Gasteiger partial charge in [0, 0.05) is 12.3 Å². The molecule has 2 N–H and O–H groups in total. The van der Waals surface area contributed by atoms with E-state index in [1.807, 2.05) is 72.8 Å². The van der Waals surface area contributed by atoms with Crippen LogP contribution in [-0.2, 0) is 27.4 Å². The van der Waals surface area contributed by atoms with Crippen LogP contribution in [0.2, 0.25) is 0 Å². The number of allylic oxidation sites excluding steroid dienone is 1. The number of benzene rings is 3. The normalized spacial score (nSPS) is 21.6. The number of aryl methyl sites for hydroxylation is 1. The van der Waals surface area contributed by atoms with Crippen molar-refractivity contribution in [3.8, 4) is 11.1 Å². The number of carboxylic acids is 1. The van der Waals surface area contributed by atoms with Crippen molar-refractivity contribution in [1.29, 1.82) is 0 Å². The van der Waals surface area contributed by atoms with E-state index in [-0.39, 0.29) is 18.3 Å². The highest BCUT2D eigenvalue weighted by molar-refractivity contribution is 5.89.